The molecule has 3 aromatic carbocycles. The Morgan fingerprint density at radius 2 is 1.36 bits per heavy atom. The van der Waals surface area contributed by atoms with E-state index >= 15 is 0 Å². The maximum Gasteiger partial charge on any atom is 0.254 e. The van der Waals surface area contributed by atoms with Gasteiger partial charge in [0.05, 0.1) is 18.1 Å². The van der Waals surface area contributed by atoms with Crippen LogP contribution in [0.2, 0.25) is 5.02 Å². The van der Waals surface area contributed by atoms with E-state index in [1.165, 1.54) is 6.21 Å². The van der Waals surface area contributed by atoms with Crippen LogP contribution in [0.15, 0.2) is 88.4 Å². The number of carbonyl (C=O) groups excluding carboxylic acids is 2. The highest BCUT2D eigenvalue weighted by atomic mass is 35.5. The molecule has 2 heterocycles. The van der Waals surface area contributed by atoms with E-state index < -0.39 is 11.8 Å². The predicted octanol–water partition coefficient (Wildman–Crippen LogP) is 6.13. The Labute approximate surface area is 213 Å². The van der Waals surface area contributed by atoms with Crippen LogP contribution in [0.25, 0.3) is 11.3 Å². The lowest BCUT2D eigenvalue weighted by Crippen LogP contribution is -2.41. The van der Waals surface area contributed by atoms with Crippen LogP contribution < -0.4 is 0 Å². The van der Waals surface area contributed by atoms with Crippen molar-refractivity contribution in [3.05, 3.63) is 117 Å². The minimum Gasteiger partial charge on any atom is -0.455 e. The van der Waals surface area contributed by atoms with Gasteiger partial charge in [-0.3, -0.25) is 9.59 Å². The number of hydrogen-bond acceptors (Lipinski definition) is 4. The minimum absolute atomic E-state index is 0.148. The summed E-state index contributed by atoms with van der Waals surface area (Å²) in [7, 11) is 0. The van der Waals surface area contributed by atoms with Crippen LogP contribution in [-0.4, -0.2) is 23.0 Å². The van der Waals surface area contributed by atoms with Gasteiger partial charge in [-0.25, -0.2) is 0 Å². The maximum atomic E-state index is 13.6. The van der Waals surface area contributed by atoms with Crippen LogP contribution in [0.4, 0.5) is 0 Å². The fourth-order valence-electron chi connectivity index (χ4n) is 6.21. The molecule has 0 N–H and O–H groups in total. The molecule has 1 aromatic heterocycles. The van der Waals surface area contributed by atoms with Gasteiger partial charge in [-0.15, -0.1) is 0 Å². The van der Waals surface area contributed by atoms with Gasteiger partial charge in [0.1, 0.15) is 11.5 Å². The van der Waals surface area contributed by atoms with Crippen molar-refractivity contribution >= 4 is 29.6 Å². The molecule has 2 atom stereocenters. The van der Waals surface area contributed by atoms with Gasteiger partial charge in [0.2, 0.25) is 0 Å². The van der Waals surface area contributed by atoms with Crippen molar-refractivity contribution < 1.29 is 14.0 Å². The third kappa shape index (κ3) is 2.93. The molecule has 176 valence electrons. The van der Waals surface area contributed by atoms with E-state index in [1.54, 1.807) is 6.07 Å². The van der Waals surface area contributed by atoms with Gasteiger partial charge in [0, 0.05) is 22.4 Å². The first-order valence-electron chi connectivity index (χ1n) is 12.0. The van der Waals surface area contributed by atoms with E-state index in [0.29, 0.717) is 16.5 Å². The van der Waals surface area contributed by atoms with Crippen molar-refractivity contribution in [1.29, 1.82) is 0 Å². The zero-order chi connectivity index (χ0) is 24.6. The molecule has 1 saturated heterocycles. The highest BCUT2D eigenvalue weighted by molar-refractivity contribution is 6.31. The molecule has 0 unspecified atom stereocenters. The monoisotopic (exact) mass is 492 g/mol. The van der Waals surface area contributed by atoms with Crippen molar-refractivity contribution in [2.45, 2.75) is 18.8 Å². The van der Waals surface area contributed by atoms with Crippen molar-refractivity contribution in [3.8, 4) is 11.3 Å². The van der Waals surface area contributed by atoms with Crippen LogP contribution in [0.1, 0.15) is 45.4 Å². The van der Waals surface area contributed by atoms with Crippen LogP contribution in [0.5, 0.6) is 0 Å². The SMILES string of the molecule is Cc1ccc(-c2ccc(/C=N\N3C(=O)[C@H]4C5c6ccccc6C(c6ccccc65)[C@@H]4C3=O)o2)cc1Cl. The molecular weight excluding hydrogens is 472 g/mol. The smallest absolute Gasteiger partial charge is 0.254 e. The fraction of sp³-hybridized carbons (Fsp3) is 0.167. The number of halogens is 1. The first-order valence-corrected chi connectivity index (χ1v) is 12.4. The van der Waals surface area contributed by atoms with Gasteiger partial charge >= 0.3 is 0 Å². The zero-order valence-corrected chi connectivity index (χ0v) is 20.1. The largest absolute Gasteiger partial charge is 0.455 e. The number of rotatable bonds is 3. The van der Waals surface area contributed by atoms with E-state index in [-0.39, 0.29) is 23.7 Å². The maximum absolute atomic E-state index is 13.6. The zero-order valence-electron chi connectivity index (χ0n) is 19.4. The summed E-state index contributed by atoms with van der Waals surface area (Å²) in [6.45, 7) is 1.94. The molecule has 36 heavy (non-hydrogen) atoms. The summed E-state index contributed by atoms with van der Waals surface area (Å²) < 4.78 is 5.91. The molecule has 2 amide bonds. The second-order valence-corrected chi connectivity index (χ2v) is 10.1. The van der Waals surface area contributed by atoms with Gasteiger partial charge in [0.15, 0.2) is 0 Å². The van der Waals surface area contributed by atoms with E-state index in [4.69, 9.17) is 16.0 Å². The summed E-state index contributed by atoms with van der Waals surface area (Å²) in [5.74, 6) is -0.620. The summed E-state index contributed by atoms with van der Waals surface area (Å²) in [4.78, 5) is 27.2. The van der Waals surface area contributed by atoms with E-state index in [9.17, 15) is 9.59 Å². The van der Waals surface area contributed by atoms with Crippen molar-refractivity contribution in [2.24, 2.45) is 16.9 Å². The average Bonchev–Trinajstić information content (AvgIpc) is 3.47. The number of hydrogen-bond donors (Lipinski definition) is 0. The normalized spacial score (nSPS) is 23.8. The Kier molecular flexibility index (Phi) is 4.60. The Bertz CT molecular complexity index is 1490. The number of furan rings is 1. The molecule has 2 bridgehead atoms. The summed E-state index contributed by atoms with van der Waals surface area (Å²) in [6, 6.07) is 25.7. The second kappa shape index (κ2) is 7.77. The minimum atomic E-state index is -0.452. The number of benzene rings is 3. The fourth-order valence-corrected chi connectivity index (χ4v) is 6.39. The van der Waals surface area contributed by atoms with Crippen LogP contribution in [0.3, 0.4) is 0 Å². The average molecular weight is 493 g/mol. The number of imide groups is 1. The Hall–Kier alpha value is -3.96. The molecule has 6 heteroatoms. The van der Waals surface area contributed by atoms with E-state index in [2.05, 4.69) is 29.4 Å². The van der Waals surface area contributed by atoms with Crippen molar-refractivity contribution in [3.63, 3.8) is 0 Å². The van der Waals surface area contributed by atoms with Gasteiger partial charge in [0.25, 0.3) is 11.8 Å². The van der Waals surface area contributed by atoms with Gasteiger partial charge in [-0.2, -0.15) is 10.1 Å². The topological polar surface area (TPSA) is 62.9 Å². The Morgan fingerprint density at radius 3 is 1.89 bits per heavy atom. The van der Waals surface area contributed by atoms with E-state index in [0.717, 1.165) is 38.4 Å². The molecule has 8 rings (SSSR count). The number of amides is 2. The second-order valence-electron chi connectivity index (χ2n) is 9.66. The van der Waals surface area contributed by atoms with Crippen molar-refractivity contribution in [2.75, 3.05) is 0 Å². The number of carbonyl (C=O) groups is 2. The summed E-state index contributed by atoms with van der Waals surface area (Å²) in [6.07, 6.45) is 1.44. The van der Waals surface area contributed by atoms with Gasteiger partial charge < -0.3 is 4.42 Å². The molecule has 1 aliphatic heterocycles. The lowest BCUT2D eigenvalue weighted by Gasteiger charge is -2.45. The molecule has 0 spiro atoms. The molecular formula is C30H21ClN2O3. The molecule has 0 radical (unpaired) electrons. The van der Waals surface area contributed by atoms with Crippen LogP contribution in [-0.2, 0) is 9.59 Å². The predicted molar refractivity (Wildman–Crippen MR) is 137 cm³/mol. The molecule has 4 aliphatic rings. The number of aryl methyl sites for hydroxylation is 1. The Morgan fingerprint density at radius 1 is 0.806 bits per heavy atom. The quantitative estimate of drug-likeness (QED) is 0.255. The Balaban J connectivity index is 1.23. The first kappa shape index (κ1) is 21.3. The third-order valence-electron chi connectivity index (χ3n) is 7.81. The lowest BCUT2D eigenvalue weighted by atomic mass is 9.55. The molecule has 5 nitrogen and oxygen atoms in total. The van der Waals surface area contributed by atoms with Crippen molar-refractivity contribution in [1.82, 2.24) is 5.01 Å². The molecule has 0 saturated carbocycles. The molecule has 1 fully saturated rings. The first-order chi connectivity index (χ1) is 17.5. The summed E-state index contributed by atoms with van der Waals surface area (Å²) in [5, 5.41) is 6.04. The standard InChI is InChI=1S/C30H21ClN2O3/c1-16-10-11-17(14-23(16)31)24-13-12-18(36-24)15-32-33-29(34)27-25-19-6-2-3-7-20(19)26(28(27)30(33)35)22-9-5-4-8-21(22)25/h2-15,25-28H,1H3/b32-15-/t25?,26?,27-,28-/m0/s1. The van der Waals surface area contributed by atoms with Crippen LogP contribution in [0, 0.1) is 18.8 Å². The lowest BCUT2D eigenvalue weighted by molar-refractivity contribution is -0.139. The highest BCUT2D eigenvalue weighted by Gasteiger charge is 2.61. The number of hydrazone groups is 1. The third-order valence-corrected chi connectivity index (χ3v) is 8.22. The van der Waals surface area contributed by atoms with E-state index in [1.807, 2.05) is 55.5 Å². The summed E-state index contributed by atoms with van der Waals surface area (Å²) >= 11 is 6.26. The highest BCUT2D eigenvalue weighted by Crippen LogP contribution is 2.60. The molecule has 4 aromatic rings. The van der Waals surface area contributed by atoms with Gasteiger partial charge in [-0.1, -0.05) is 72.3 Å². The number of nitrogens with zero attached hydrogens (tertiary/aromatic N) is 2. The summed E-state index contributed by atoms with van der Waals surface area (Å²) in [5.41, 5.74) is 6.39. The molecule has 3 aliphatic carbocycles. The van der Waals surface area contributed by atoms with Crippen LogP contribution >= 0.6 is 11.6 Å². The van der Waals surface area contributed by atoms with Gasteiger partial charge in [-0.05, 0) is 52.9 Å².